The molecule has 3 rings (SSSR count). The fourth-order valence-electron chi connectivity index (χ4n) is 2.21. The molecule has 0 saturated carbocycles. The summed E-state index contributed by atoms with van der Waals surface area (Å²) in [6.07, 6.45) is 3.25. The summed E-state index contributed by atoms with van der Waals surface area (Å²) in [4.78, 5) is 18.4. The Hall–Kier alpha value is -2.70. The summed E-state index contributed by atoms with van der Waals surface area (Å²) in [6, 6.07) is 7.88. The lowest BCUT2D eigenvalue weighted by Crippen LogP contribution is -2.07. The second-order valence-corrected chi connectivity index (χ2v) is 4.52. The van der Waals surface area contributed by atoms with Crippen molar-refractivity contribution in [3.05, 3.63) is 52.7 Å². The van der Waals surface area contributed by atoms with Crippen LogP contribution in [0.1, 0.15) is 5.82 Å². The molecule has 0 atom stereocenters. The summed E-state index contributed by atoms with van der Waals surface area (Å²) in [5.74, 6) is 0.527. The van der Waals surface area contributed by atoms with Gasteiger partial charge in [0.2, 0.25) is 5.82 Å². The molecule has 0 N–H and O–H groups in total. The quantitative estimate of drug-likeness (QED) is 0.538. The topological polar surface area (TPSA) is 78.8 Å². The number of fused-ring (bicyclic) bond motifs is 1. The number of imidazole rings is 2. The Bertz CT molecular complexity index is 774. The fourth-order valence-corrected chi connectivity index (χ4v) is 2.21. The highest BCUT2D eigenvalue weighted by Gasteiger charge is 2.14. The van der Waals surface area contributed by atoms with E-state index in [4.69, 9.17) is 0 Å². The Morgan fingerprint density at radius 3 is 2.75 bits per heavy atom. The van der Waals surface area contributed by atoms with Crippen molar-refractivity contribution in [1.82, 2.24) is 19.1 Å². The first-order valence-electron chi connectivity index (χ1n) is 6.23. The molecular weight excluding hydrogens is 258 g/mol. The van der Waals surface area contributed by atoms with Crippen LogP contribution in [0.4, 0.5) is 5.82 Å². The van der Waals surface area contributed by atoms with E-state index in [9.17, 15) is 10.1 Å². The summed E-state index contributed by atoms with van der Waals surface area (Å²) in [5, 5.41) is 10.7. The van der Waals surface area contributed by atoms with Crippen LogP contribution in [0.3, 0.4) is 0 Å². The van der Waals surface area contributed by atoms with Crippen LogP contribution < -0.4 is 0 Å². The van der Waals surface area contributed by atoms with Gasteiger partial charge in [0.05, 0.1) is 17.4 Å². The van der Waals surface area contributed by atoms with E-state index >= 15 is 0 Å². The van der Waals surface area contributed by atoms with E-state index in [0.717, 1.165) is 11.0 Å². The molecule has 0 aliphatic heterocycles. The second-order valence-electron chi connectivity index (χ2n) is 4.52. The van der Waals surface area contributed by atoms with Crippen molar-refractivity contribution in [2.24, 2.45) is 0 Å². The third-order valence-corrected chi connectivity index (χ3v) is 3.26. The molecule has 0 amide bonds. The van der Waals surface area contributed by atoms with Crippen molar-refractivity contribution in [3.63, 3.8) is 0 Å². The average Bonchev–Trinajstić information content (AvgIpc) is 3.00. The third-order valence-electron chi connectivity index (χ3n) is 3.26. The number of rotatable bonds is 4. The molecule has 2 heterocycles. The van der Waals surface area contributed by atoms with Crippen LogP contribution in [0.5, 0.6) is 0 Å². The van der Waals surface area contributed by atoms with Crippen LogP contribution in [0.2, 0.25) is 0 Å². The van der Waals surface area contributed by atoms with Gasteiger partial charge in [0, 0.05) is 20.0 Å². The third kappa shape index (κ3) is 2.13. The molecule has 0 radical (unpaired) electrons. The molecule has 0 fully saturated rings. The minimum Gasteiger partial charge on any atom is -0.358 e. The molecular formula is C13H13N5O2. The Morgan fingerprint density at radius 2 is 2.00 bits per heavy atom. The van der Waals surface area contributed by atoms with Gasteiger partial charge >= 0.3 is 5.82 Å². The van der Waals surface area contributed by atoms with E-state index < -0.39 is 4.92 Å². The van der Waals surface area contributed by atoms with Gasteiger partial charge in [-0.25, -0.2) is 4.98 Å². The molecule has 0 saturated heterocycles. The Kier molecular flexibility index (Phi) is 2.94. The van der Waals surface area contributed by atoms with Gasteiger partial charge in [0.15, 0.2) is 0 Å². The molecule has 102 valence electrons. The average molecular weight is 271 g/mol. The molecule has 3 aromatic rings. The first-order valence-corrected chi connectivity index (χ1v) is 6.23. The van der Waals surface area contributed by atoms with Crippen LogP contribution in [-0.4, -0.2) is 24.0 Å². The monoisotopic (exact) mass is 271 g/mol. The SMILES string of the molecule is Cc1nc([N+](=O)[O-])cn1CCn1cnc2ccccc21. The molecule has 20 heavy (non-hydrogen) atoms. The minimum atomic E-state index is -0.476. The number of hydrogen-bond donors (Lipinski definition) is 0. The lowest BCUT2D eigenvalue weighted by atomic mass is 10.3. The maximum absolute atomic E-state index is 10.7. The molecule has 7 nitrogen and oxygen atoms in total. The molecule has 0 bridgehead atoms. The van der Waals surface area contributed by atoms with Crippen LogP contribution in [0.15, 0.2) is 36.8 Å². The van der Waals surface area contributed by atoms with Crippen molar-refractivity contribution in [2.45, 2.75) is 20.0 Å². The summed E-state index contributed by atoms with van der Waals surface area (Å²) in [7, 11) is 0. The van der Waals surface area contributed by atoms with Gasteiger partial charge in [0.25, 0.3) is 0 Å². The van der Waals surface area contributed by atoms with E-state index in [1.54, 1.807) is 17.8 Å². The molecule has 7 heteroatoms. The van der Waals surface area contributed by atoms with E-state index in [1.165, 1.54) is 6.20 Å². The number of para-hydroxylation sites is 2. The zero-order valence-electron chi connectivity index (χ0n) is 10.9. The van der Waals surface area contributed by atoms with Gasteiger partial charge in [-0.1, -0.05) is 12.1 Å². The van der Waals surface area contributed by atoms with E-state index in [-0.39, 0.29) is 5.82 Å². The highest BCUT2D eigenvalue weighted by molar-refractivity contribution is 5.74. The number of hydrogen-bond acceptors (Lipinski definition) is 4. The first-order chi connectivity index (χ1) is 9.65. The largest absolute Gasteiger partial charge is 0.381 e. The van der Waals surface area contributed by atoms with E-state index in [2.05, 4.69) is 9.97 Å². The summed E-state index contributed by atoms with van der Waals surface area (Å²) < 4.78 is 3.81. The van der Waals surface area contributed by atoms with Crippen molar-refractivity contribution in [3.8, 4) is 0 Å². The predicted octanol–water partition coefficient (Wildman–Crippen LogP) is 2.15. The molecule has 0 unspecified atom stereocenters. The van der Waals surface area contributed by atoms with Crippen LogP contribution in [0, 0.1) is 17.0 Å². The molecule has 1 aromatic carbocycles. The van der Waals surface area contributed by atoms with Gasteiger partial charge in [-0.15, -0.1) is 0 Å². The maximum atomic E-state index is 10.7. The van der Waals surface area contributed by atoms with Crippen molar-refractivity contribution < 1.29 is 4.92 Å². The van der Waals surface area contributed by atoms with Gasteiger partial charge in [-0.05, 0) is 22.0 Å². The zero-order chi connectivity index (χ0) is 14.1. The summed E-state index contributed by atoms with van der Waals surface area (Å²) >= 11 is 0. The fraction of sp³-hybridized carbons (Fsp3) is 0.231. The molecule has 0 aliphatic carbocycles. The normalized spacial score (nSPS) is 11.1. The van der Waals surface area contributed by atoms with Crippen molar-refractivity contribution in [1.29, 1.82) is 0 Å². The van der Waals surface area contributed by atoms with E-state index in [0.29, 0.717) is 18.9 Å². The number of nitro groups is 1. The number of aromatic nitrogens is 4. The van der Waals surface area contributed by atoms with Gasteiger partial charge in [0.1, 0.15) is 6.20 Å². The smallest absolute Gasteiger partial charge is 0.358 e. The lowest BCUT2D eigenvalue weighted by Gasteiger charge is -2.05. The van der Waals surface area contributed by atoms with Crippen LogP contribution in [0.25, 0.3) is 11.0 Å². The zero-order valence-corrected chi connectivity index (χ0v) is 10.9. The van der Waals surface area contributed by atoms with Crippen LogP contribution >= 0.6 is 0 Å². The summed E-state index contributed by atoms with van der Waals surface area (Å²) in [5.41, 5.74) is 2.00. The van der Waals surface area contributed by atoms with Crippen LogP contribution in [-0.2, 0) is 13.1 Å². The van der Waals surface area contributed by atoms with Crippen molar-refractivity contribution >= 4 is 16.9 Å². The number of aryl methyl sites for hydroxylation is 3. The second kappa shape index (κ2) is 4.76. The number of benzene rings is 1. The van der Waals surface area contributed by atoms with Gasteiger partial charge in [-0.3, -0.25) is 0 Å². The summed E-state index contributed by atoms with van der Waals surface area (Å²) in [6.45, 7) is 3.07. The maximum Gasteiger partial charge on any atom is 0.381 e. The highest BCUT2D eigenvalue weighted by atomic mass is 16.6. The molecule has 2 aromatic heterocycles. The Labute approximate surface area is 114 Å². The minimum absolute atomic E-state index is 0.113. The Balaban J connectivity index is 1.81. The van der Waals surface area contributed by atoms with E-state index in [1.807, 2.05) is 28.8 Å². The molecule has 0 aliphatic rings. The predicted molar refractivity (Wildman–Crippen MR) is 73.4 cm³/mol. The molecule has 0 spiro atoms. The first kappa shape index (κ1) is 12.3. The highest BCUT2D eigenvalue weighted by Crippen LogP contribution is 2.14. The Morgan fingerprint density at radius 1 is 1.25 bits per heavy atom. The number of nitrogens with zero attached hydrogens (tertiary/aromatic N) is 5. The van der Waals surface area contributed by atoms with Gasteiger partial charge < -0.3 is 19.2 Å². The standard InChI is InChI=1S/C13H13N5O2/c1-10-15-13(18(19)20)8-16(10)6-7-17-9-14-11-4-2-3-5-12(11)17/h2-5,8-9H,6-7H2,1H3. The lowest BCUT2D eigenvalue weighted by molar-refractivity contribution is -0.389. The van der Waals surface area contributed by atoms with Gasteiger partial charge in [-0.2, -0.15) is 0 Å². The van der Waals surface area contributed by atoms with Crippen molar-refractivity contribution in [2.75, 3.05) is 0 Å².